The molecule has 0 aromatic heterocycles. The van der Waals surface area contributed by atoms with Gasteiger partial charge in [-0.2, -0.15) is 4.31 Å². The molecule has 0 heterocycles. The van der Waals surface area contributed by atoms with Crippen LogP contribution in [0, 0.1) is 0 Å². The molecule has 2 rings (SSSR count). The predicted molar refractivity (Wildman–Crippen MR) is 97.9 cm³/mol. The van der Waals surface area contributed by atoms with Gasteiger partial charge in [0.05, 0.1) is 29.3 Å². The fourth-order valence-corrected chi connectivity index (χ4v) is 3.46. The first-order valence-electron chi connectivity index (χ1n) is 7.09. The first-order chi connectivity index (χ1) is 11.7. The number of carbonyl (C=O) groups excluding carboxylic acids is 1. The fraction of sp³-hybridized carbons (Fsp3) is 0.188. The lowest BCUT2D eigenvalue weighted by molar-refractivity contribution is -0.116. The van der Waals surface area contributed by atoms with E-state index in [0.29, 0.717) is 21.5 Å². The van der Waals surface area contributed by atoms with Crippen molar-refractivity contribution >= 4 is 44.8 Å². The summed E-state index contributed by atoms with van der Waals surface area (Å²) in [4.78, 5) is 12.2. The molecule has 0 unspecified atom stereocenters. The lowest BCUT2D eigenvalue weighted by Gasteiger charge is -2.17. The van der Waals surface area contributed by atoms with Crippen molar-refractivity contribution < 1.29 is 17.9 Å². The smallest absolute Gasteiger partial charge is 0.243 e. The molecule has 9 heteroatoms. The molecular formula is C16H16Cl2N2O4S. The number of halogens is 2. The molecule has 6 nitrogen and oxygen atoms in total. The highest BCUT2D eigenvalue weighted by Crippen LogP contribution is 2.25. The van der Waals surface area contributed by atoms with Crippen LogP contribution in [-0.2, 0) is 14.8 Å². The van der Waals surface area contributed by atoms with Crippen LogP contribution in [0.4, 0.5) is 5.69 Å². The van der Waals surface area contributed by atoms with Gasteiger partial charge in [0, 0.05) is 12.1 Å². The Morgan fingerprint density at radius 1 is 1.16 bits per heavy atom. The Hall–Kier alpha value is -1.80. The number of sulfonamides is 1. The average molecular weight is 403 g/mol. The minimum Gasteiger partial charge on any atom is -0.497 e. The maximum Gasteiger partial charge on any atom is 0.243 e. The van der Waals surface area contributed by atoms with Gasteiger partial charge in [-0.05, 0) is 42.5 Å². The molecule has 134 valence electrons. The summed E-state index contributed by atoms with van der Waals surface area (Å²) < 4.78 is 30.9. The van der Waals surface area contributed by atoms with Crippen LogP contribution in [0.25, 0.3) is 0 Å². The van der Waals surface area contributed by atoms with E-state index in [9.17, 15) is 13.2 Å². The van der Waals surface area contributed by atoms with Crippen LogP contribution in [0.3, 0.4) is 0 Å². The molecular weight excluding hydrogens is 387 g/mol. The van der Waals surface area contributed by atoms with Gasteiger partial charge in [-0.3, -0.25) is 4.79 Å². The van der Waals surface area contributed by atoms with Crippen LogP contribution in [0.1, 0.15) is 0 Å². The molecule has 0 radical (unpaired) electrons. The van der Waals surface area contributed by atoms with E-state index in [2.05, 4.69) is 5.32 Å². The van der Waals surface area contributed by atoms with E-state index in [1.165, 1.54) is 50.6 Å². The van der Waals surface area contributed by atoms with Crippen LogP contribution < -0.4 is 10.1 Å². The molecule has 0 aliphatic heterocycles. The maximum atomic E-state index is 12.5. The molecule has 2 aromatic carbocycles. The summed E-state index contributed by atoms with van der Waals surface area (Å²) in [5, 5.41) is 3.25. The van der Waals surface area contributed by atoms with E-state index in [1.807, 2.05) is 0 Å². The van der Waals surface area contributed by atoms with Crippen LogP contribution in [0.2, 0.25) is 10.0 Å². The van der Waals surface area contributed by atoms with Crippen LogP contribution in [0.5, 0.6) is 5.75 Å². The van der Waals surface area contributed by atoms with E-state index in [4.69, 9.17) is 27.9 Å². The Balaban J connectivity index is 2.10. The van der Waals surface area contributed by atoms with Crippen molar-refractivity contribution in [3.63, 3.8) is 0 Å². The summed E-state index contributed by atoms with van der Waals surface area (Å²) in [6.07, 6.45) is 0. The molecule has 1 N–H and O–H groups in total. The Bertz CT molecular complexity index is 870. The SMILES string of the molecule is COc1ccc(S(=O)(=O)N(C)CC(=O)Nc2cc(Cl)ccc2Cl)cc1. The van der Waals surface area contributed by atoms with Gasteiger partial charge in [0.2, 0.25) is 15.9 Å². The first kappa shape index (κ1) is 19.5. The number of hydrogen-bond donors (Lipinski definition) is 1. The van der Waals surface area contributed by atoms with E-state index in [0.717, 1.165) is 4.31 Å². The molecule has 0 bridgehead atoms. The van der Waals surface area contributed by atoms with Gasteiger partial charge in [-0.25, -0.2) is 8.42 Å². The number of nitrogens with one attached hydrogen (secondary N) is 1. The summed E-state index contributed by atoms with van der Waals surface area (Å²) in [7, 11) is -1.01. The molecule has 2 aromatic rings. The maximum absolute atomic E-state index is 12.5. The van der Waals surface area contributed by atoms with E-state index in [1.54, 1.807) is 6.07 Å². The quantitative estimate of drug-likeness (QED) is 0.804. The minimum absolute atomic E-state index is 0.0596. The largest absolute Gasteiger partial charge is 0.497 e. The average Bonchev–Trinajstić information content (AvgIpc) is 2.58. The molecule has 0 spiro atoms. The lowest BCUT2D eigenvalue weighted by Crippen LogP contribution is -2.35. The number of benzene rings is 2. The van der Waals surface area contributed by atoms with E-state index >= 15 is 0 Å². The molecule has 0 aliphatic rings. The van der Waals surface area contributed by atoms with Gasteiger partial charge in [0.25, 0.3) is 0 Å². The Morgan fingerprint density at radius 2 is 1.80 bits per heavy atom. The zero-order chi connectivity index (χ0) is 18.6. The summed E-state index contributed by atoms with van der Waals surface area (Å²) in [6, 6.07) is 10.5. The number of ether oxygens (including phenoxy) is 1. The fourth-order valence-electron chi connectivity index (χ4n) is 2.00. The van der Waals surface area contributed by atoms with Crippen LogP contribution >= 0.6 is 23.2 Å². The van der Waals surface area contributed by atoms with E-state index in [-0.39, 0.29) is 11.4 Å². The number of hydrogen-bond acceptors (Lipinski definition) is 4. The Morgan fingerprint density at radius 3 is 2.40 bits per heavy atom. The zero-order valence-corrected chi connectivity index (χ0v) is 15.8. The van der Waals surface area contributed by atoms with Gasteiger partial charge >= 0.3 is 0 Å². The van der Waals surface area contributed by atoms with Crippen molar-refractivity contribution in [3.8, 4) is 5.75 Å². The van der Waals surface area contributed by atoms with E-state index < -0.39 is 15.9 Å². The van der Waals surface area contributed by atoms with Crippen molar-refractivity contribution in [1.29, 1.82) is 0 Å². The van der Waals surface area contributed by atoms with Crippen molar-refractivity contribution in [1.82, 2.24) is 4.31 Å². The van der Waals surface area contributed by atoms with Gasteiger partial charge in [-0.15, -0.1) is 0 Å². The van der Waals surface area contributed by atoms with Crippen molar-refractivity contribution in [2.75, 3.05) is 26.0 Å². The second-order valence-corrected chi connectivity index (χ2v) is 8.00. The number of likely N-dealkylation sites (N-methyl/N-ethyl adjacent to an activating group) is 1. The molecule has 0 aliphatic carbocycles. The highest BCUT2D eigenvalue weighted by Gasteiger charge is 2.23. The lowest BCUT2D eigenvalue weighted by atomic mass is 10.3. The number of amides is 1. The summed E-state index contributed by atoms with van der Waals surface area (Å²) in [5.74, 6) is -0.00121. The van der Waals surface area contributed by atoms with Gasteiger partial charge < -0.3 is 10.1 Å². The predicted octanol–water partition coefficient (Wildman–Crippen LogP) is 3.26. The molecule has 0 saturated heterocycles. The second kappa shape index (κ2) is 8.05. The Labute approximate surface area is 156 Å². The highest BCUT2D eigenvalue weighted by atomic mass is 35.5. The number of rotatable bonds is 6. The Kier molecular flexibility index (Phi) is 6.29. The third-order valence-corrected chi connectivity index (χ3v) is 5.72. The second-order valence-electron chi connectivity index (χ2n) is 5.11. The first-order valence-corrected chi connectivity index (χ1v) is 9.29. The zero-order valence-electron chi connectivity index (χ0n) is 13.5. The summed E-state index contributed by atoms with van der Waals surface area (Å²) in [5.41, 5.74) is 0.314. The number of methoxy groups -OCH3 is 1. The van der Waals surface area contributed by atoms with Gasteiger partial charge in [0.1, 0.15) is 5.75 Å². The molecule has 1 amide bonds. The molecule has 0 atom stereocenters. The van der Waals surface area contributed by atoms with Gasteiger partial charge in [0.15, 0.2) is 0 Å². The standard InChI is InChI=1S/C16H16Cl2N2O4S/c1-20(25(22,23)13-6-4-12(24-2)5-7-13)10-16(21)19-15-9-11(17)3-8-14(15)18/h3-9H,10H2,1-2H3,(H,19,21). The molecule has 0 fully saturated rings. The van der Waals surface area contributed by atoms with Crippen molar-refractivity contribution in [3.05, 3.63) is 52.5 Å². The normalized spacial score (nSPS) is 11.4. The summed E-state index contributed by atoms with van der Waals surface area (Å²) in [6.45, 7) is -0.378. The van der Waals surface area contributed by atoms with Gasteiger partial charge in [-0.1, -0.05) is 23.2 Å². The highest BCUT2D eigenvalue weighted by molar-refractivity contribution is 7.89. The van der Waals surface area contributed by atoms with Crippen LogP contribution in [-0.4, -0.2) is 39.3 Å². The molecule has 25 heavy (non-hydrogen) atoms. The third kappa shape index (κ3) is 4.85. The monoisotopic (exact) mass is 402 g/mol. The van der Waals surface area contributed by atoms with Crippen molar-refractivity contribution in [2.24, 2.45) is 0 Å². The number of carbonyl (C=O) groups is 1. The molecule has 0 saturated carbocycles. The topological polar surface area (TPSA) is 75.7 Å². The van der Waals surface area contributed by atoms with Crippen molar-refractivity contribution in [2.45, 2.75) is 4.90 Å². The number of nitrogens with zero attached hydrogens (tertiary/aromatic N) is 1. The minimum atomic E-state index is -3.81. The summed E-state index contributed by atoms with van der Waals surface area (Å²) >= 11 is 11.8. The number of anilines is 1. The van der Waals surface area contributed by atoms with Crippen LogP contribution in [0.15, 0.2) is 47.4 Å². The third-order valence-electron chi connectivity index (χ3n) is 3.34.